The Bertz CT molecular complexity index is 732. The van der Waals surface area contributed by atoms with Gasteiger partial charge >= 0.3 is 5.97 Å². The summed E-state index contributed by atoms with van der Waals surface area (Å²) in [5, 5.41) is 10.2. The highest BCUT2D eigenvalue weighted by Gasteiger charge is 2.12. The molecule has 0 bridgehead atoms. The van der Waals surface area contributed by atoms with Gasteiger partial charge in [0.05, 0.1) is 23.3 Å². The van der Waals surface area contributed by atoms with Crippen molar-refractivity contribution >= 4 is 16.9 Å². The summed E-state index contributed by atoms with van der Waals surface area (Å²) >= 11 is 0. The van der Waals surface area contributed by atoms with Crippen molar-refractivity contribution in [3.8, 4) is 0 Å². The van der Waals surface area contributed by atoms with E-state index in [4.69, 9.17) is 0 Å². The lowest BCUT2D eigenvalue weighted by molar-refractivity contribution is 0.0698. The predicted octanol–water partition coefficient (Wildman–Crippen LogP) is 2.78. The number of pyridine rings is 1. The molecule has 4 heteroatoms. The molecule has 2 aromatic heterocycles. The van der Waals surface area contributed by atoms with Gasteiger partial charge < -0.3 is 9.67 Å². The summed E-state index contributed by atoms with van der Waals surface area (Å²) in [7, 11) is 0. The fourth-order valence-corrected chi connectivity index (χ4v) is 2.23. The Balaban J connectivity index is 2.12. The number of para-hydroxylation sites is 1. The van der Waals surface area contributed by atoms with Gasteiger partial charge in [-0.3, -0.25) is 4.98 Å². The van der Waals surface area contributed by atoms with Crippen LogP contribution in [-0.2, 0) is 6.54 Å². The maximum absolute atomic E-state index is 11.3. The van der Waals surface area contributed by atoms with Gasteiger partial charge in [0.2, 0.25) is 0 Å². The molecule has 0 fully saturated rings. The summed E-state index contributed by atoms with van der Waals surface area (Å²) in [6.07, 6.45) is 3.63. The zero-order valence-corrected chi connectivity index (χ0v) is 10.2. The van der Waals surface area contributed by atoms with Crippen LogP contribution in [0.25, 0.3) is 10.9 Å². The zero-order valence-electron chi connectivity index (χ0n) is 10.2. The summed E-state index contributed by atoms with van der Waals surface area (Å²) in [5.41, 5.74) is 1.96. The molecule has 0 unspecified atom stereocenters. The second kappa shape index (κ2) is 4.57. The quantitative estimate of drug-likeness (QED) is 0.779. The lowest BCUT2D eigenvalue weighted by Gasteiger charge is -2.07. The summed E-state index contributed by atoms with van der Waals surface area (Å²) in [5.74, 6) is -0.911. The van der Waals surface area contributed by atoms with E-state index in [1.54, 1.807) is 18.3 Å². The third-order valence-electron chi connectivity index (χ3n) is 3.08. The molecule has 0 aliphatic carbocycles. The van der Waals surface area contributed by atoms with Crippen molar-refractivity contribution in [2.75, 3.05) is 0 Å². The molecule has 1 N–H and O–H groups in total. The first-order valence-corrected chi connectivity index (χ1v) is 5.97. The molecule has 0 saturated heterocycles. The normalized spacial score (nSPS) is 10.7. The minimum atomic E-state index is -0.911. The molecule has 3 rings (SSSR count). The molecule has 19 heavy (non-hydrogen) atoms. The molecule has 4 nitrogen and oxygen atoms in total. The maximum Gasteiger partial charge on any atom is 0.337 e. The van der Waals surface area contributed by atoms with Gasteiger partial charge in [-0.25, -0.2) is 4.79 Å². The van der Waals surface area contributed by atoms with Gasteiger partial charge in [-0.2, -0.15) is 0 Å². The first kappa shape index (κ1) is 11.5. The van der Waals surface area contributed by atoms with E-state index in [9.17, 15) is 9.90 Å². The number of rotatable bonds is 3. The van der Waals surface area contributed by atoms with Gasteiger partial charge in [0.25, 0.3) is 0 Å². The standard InChI is InChI=1S/C15H12N2O2/c18-15(19)13-6-3-4-11-7-9-17(14(11)13)10-12-5-1-2-8-16-12/h1-9H,10H2,(H,18,19). The van der Waals surface area contributed by atoms with Gasteiger partial charge in [0, 0.05) is 17.8 Å². The Morgan fingerprint density at radius 3 is 2.79 bits per heavy atom. The highest BCUT2D eigenvalue weighted by atomic mass is 16.4. The zero-order chi connectivity index (χ0) is 13.2. The molecule has 0 spiro atoms. The summed E-state index contributed by atoms with van der Waals surface area (Å²) in [6.45, 7) is 0.564. The van der Waals surface area contributed by atoms with Crippen molar-refractivity contribution in [2.24, 2.45) is 0 Å². The molecule has 0 aliphatic heterocycles. The molecule has 0 aliphatic rings. The Morgan fingerprint density at radius 1 is 1.16 bits per heavy atom. The minimum Gasteiger partial charge on any atom is -0.478 e. The number of hydrogen-bond acceptors (Lipinski definition) is 2. The summed E-state index contributed by atoms with van der Waals surface area (Å²) < 4.78 is 1.92. The van der Waals surface area contributed by atoms with Crippen molar-refractivity contribution in [3.05, 3.63) is 66.1 Å². The first-order valence-electron chi connectivity index (χ1n) is 5.97. The van der Waals surface area contributed by atoms with Gasteiger partial charge in [-0.1, -0.05) is 18.2 Å². The monoisotopic (exact) mass is 252 g/mol. The van der Waals surface area contributed by atoms with Crippen LogP contribution < -0.4 is 0 Å². The van der Waals surface area contributed by atoms with Crippen LogP contribution in [0.3, 0.4) is 0 Å². The average Bonchev–Trinajstić information content (AvgIpc) is 2.83. The van der Waals surface area contributed by atoms with Crippen LogP contribution in [0, 0.1) is 0 Å². The third kappa shape index (κ3) is 2.08. The highest BCUT2D eigenvalue weighted by Crippen LogP contribution is 2.21. The maximum atomic E-state index is 11.3. The Hall–Kier alpha value is -2.62. The van der Waals surface area contributed by atoms with Crippen molar-refractivity contribution < 1.29 is 9.90 Å². The number of nitrogens with zero attached hydrogens (tertiary/aromatic N) is 2. The molecular weight excluding hydrogens is 240 g/mol. The average molecular weight is 252 g/mol. The molecule has 0 saturated carbocycles. The van der Waals surface area contributed by atoms with Crippen LogP contribution >= 0.6 is 0 Å². The minimum absolute atomic E-state index is 0.318. The van der Waals surface area contributed by atoms with Crippen molar-refractivity contribution in [1.29, 1.82) is 0 Å². The Kier molecular flexibility index (Phi) is 2.76. The fraction of sp³-hybridized carbons (Fsp3) is 0.0667. The highest BCUT2D eigenvalue weighted by molar-refractivity contribution is 6.02. The smallest absolute Gasteiger partial charge is 0.337 e. The second-order valence-corrected chi connectivity index (χ2v) is 4.31. The summed E-state index contributed by atoms with van der Waals surface area (Å²) in [6, 6.07) is 12.9. The largest absolute Gasteiger partial charge is 0.478 e. The van der Waals surface area contributed by atoms with E-state index in [1.165, 1.54) is 0 Å². The topological polar surface area (TPSA) is 55.1 Å². The van der Waals surface area contributed by atoms with E-state index in [0.29, 0.717) is 12.1 Å². The first-order chi connectivity index (χ1) is 9.25. The van der Waals surface area contributed by atoms with Crippen molar-refractivity contribution in [3.63, 3.8) is 0 Å². The van der Waals surface area contributed by atoms with Gasteiger partial charge in [0.1, 0.15) is 0 Å². The van der Waals surface area contributed by atoms with Crippen LogP contribution in [0.2, 0.25) is 0 Å². The van der Waals surface area contributed by atoms with Crippen LogP contribution in [-0.4, -0.2) is 20.6 Å². The molecule has 0 radical (unpaired) electrons. The number of hydrogen-bond donors (Lipinski definition) is 1. The van der Waals surface area contributed by atoms with Crippen LogP contribution in [0.15, 0.2) is 54.9 Å². The number of carboxylic acids is 1. The van der Waals surface area contributed by atoms with Crippen LogP contribution in [0.1, 0.15) is 16.1 Å². The van der Waals surface area contributed by atoms with Gasteiger partial charge in [0.15, 0.2) is 0 Å². The molecule has 3 aromatic rings. The van der Waals surface area contributed by atoms with E-state index in [0.717, 1.165) is 16.6 Å². The number of aromatic nitrogens is 2. The summed E-state index contributed by atoms with van der Waals surface area (Å²) in [4.78, 5) is 15.6. The van der Waals surface area contributed by atoms with Crippen LogP contribution in [0.5, 0.6) is 0 Å². The number of carboxylic acid groups (broad SMARTS) is 1. The molecule has 0 atom stereocenters. The number of aromatic carboxylic acids is 1. The van der Waals surface area contributed by atoms with E-state index in [1.807, 2.05) is 41.1 Å². The Labute approximate surface area is 109 Å². The second-order valence-electron chi connectivity index (χ2n) is 4.31. The molecule has 2 heterocycles. The van der Waals surface area contributed by atoms with Gasteiger partial charge in [-0.15, -0.1) is 0 Å². The number of carbonyl (C=O) groups is 1. The molecule has 94 valence electrons. The third-order valence-corrected chi connectivity index (χ3v) is 3.08. The number of fused-ring (bicyclic) bond motifs is 1. The van der Waals surface area contributed by atoms with E-state index in [2.05, 4.69) is 4.98 Å². The SMILES string of the molecule is O=C(O)c1cccc2ccn(Cc3ccccn3)c12. The molecule has 0 amide bonds. The fourth-order valence-electron chi connectivity index (χ4n) is 2.23. The molecular formula is C15H12N2O2. The predicted molar refractivity (Wildman–Crippen MR) is 72.2 cm³/mol. The Morgan fingerprint density at radius 2 is 2.05 bits per heavy atom. The van der Waals surface area contributed by atoms with Crippen molar-refractivity contribution in [1.82, 2.24) is 9.55 Å². The van der Waals surface area contributed by atoms with Crippen LogP contribution in [0.4, 0.5) is 0 Å². The van der Waals surface area contributed by atoms with E-state index in [-0.39, 0.29) is 0 Å². The van der Waals surface area contributed by atoms with Crippen molar-refractivity contribution in [2.45, 2.75) is 6.54 Å². The van der Waals surface area contributed by atoms with E-state index < -0.39 is 5.97 Å². The van der Waals surface area contributed by atoms with Gasteiger partial charge in [-0.05, 0) is 24.3 Å². The lowest BCUT2D eigenvalue weighted by atomic mass is 10.1. The lowest BCUT2D eigenvalue weighted by Crippen LogP contribution is -2.04. The number of benzene rings is 1. The molecule has 1 aromatic carbocycles. The van der Waals surface area contributed by atoms with E-state index >= 15 is 0 Å².